The van der Waals surface area contributed by atoms with Gasteiger partial charge in [-0.05, 0) is 62.4 Å². The fourth-order valence-corrected chi connectivity index (χ4v) is 5.28. The van der Waals surface area contributed by atoms with Gasteiger partial charge in [-0.2, -0.15) is 4.98 Å². The first kappa shape index (κ1) is 26.5. The molecule has 0 spiro atoms. The molecular weight excluding hydrogens is 496 g/mol. The van der Waals surface area contributed by atoms with Crippen molar-refractivity contribution in [2.75, 3.05) is 17.9 Å². The number of hydrogen-bond acceptors (Lipinski definition) is 8. The summed E-state index contributed by atoms with van der Waals surface area (Å²) < 4.78 is 40.0. The van der Waals surface area contributed by atoms with Crippen LogP contribution in [-0.4, -0.2) is 54.8 Å². The predicted molar refractivity (Wildman–Crippen MR) is 138 cm³/mol. The number of nitrogens with one attached hydrogen (secondary N) is 1. The van der Waals surface area contributed by atoms with Gasteiger partial charge >= 0.3 is 5.97 Å². The standard InChI is InChI=1S/C26H30N4O6S/c1-16-6-3-7-17(2)24(16)22-14-23(36-15-19(27)13-20-9-5-11-35-20)29-26(28-22)30-37(33,34)21-10-4-8-18(12-21)25(31)32/h3-4,6-8,10,12,14,19-20H,5,9,11,13,15,27H2,1-2H3,(H,31,32)(H,28,29,30)/t19-,20-/m1/s1. The van der Waals surface area contributed by atoms with Crippen molar-refractivity contribution in [2.45, 2.75) is 50.2 Å². The number of nitrogens with two attached hydrogens (primary N) is 1. The van der Waals surface area contributed by atoms with Crippen LogP contribution in [0.5, 0.6) is 5.88 Å². The van der Waals surface area contributed by atoms with Crippen molar-refractivity contribution in [3.8, 4) is 17.1 Å². The largest absolute Gasteiger partial charge is 0.478 e. The van der Waals surface area contributed by atoms with E-state index in [4.69, 9.17) is 15.2 Å². The summed E-state index contributed by atoms with van der Waals surface area (Å²) in [5.41, 5.74) is 9.29. The maximum atomic E-state index is 13.1. The maximum absolute atomic E-state index is 13.1. The second kappa shape index (κ2) is 11.2. The smallest absolute Gasteiger partial charge is 0.335 e. The number of carboxylic acids is 1. The molecule has 0 aliphatic carbocycles. The highest BCUT2D eigenvalue weighted by Gasteiger charge is 2.22. The molecule has 37 heavy (non-hydrogen) atoms. The van der Waals surface area contributed by atoms with Crippen molar-refractivity contribution in [3.05, 3.63) is 65.2 Å². The van der Waals surface area contributed by atoms with E-state index in [9.17, 15) is 18.3 Å². The third-order valence-electron chi connectivity index (χ3n) is 6.09. The SMILES string of the molecule is Cc1cccc(C)c1-c1cc(OC[C@H](N)C[C@H]2CCCO2)nc(NS(=O)(=O)c2cccc(C(=O)O)c2)n1. The normalized spacial score (nSPS) is 16.4. The van der Waals surface area contributed by atoms with Crippen molar-refractivity contribution in [3.63, 3.8) is 0 Å². The second-order valence-electron chi connectivity index (χ2n) is 9.06. The molecule has 0 saturated carbocycles. The fourth-order valence-electron chi connectivity index (χ4n) is 4.29. The quantitative estimate of drug-likeness (QED) is 0.360. The molecule has 1 fully saturated rings. The molecule has 1 saturated heterocycles. The molecule has 1 aromatic heterocycles. The molecular formula is C26H30N4O6S. The molecule has 4 N–H and O–H groups in total. The Bertz CT molecular complexity index is 1370. The van der Waals surface area contributed by atoms with Gasteiger partial charge in [-0.3, -0.25) is 0 Å². The monoisotopic (exact) mass is 526 g/mol. The van der Waals surface area contributed by atoms with Crippen LogP contribution in [0.25, 0.3) is 11.3 Å². The Morgan fingerprint density at radius 3 is 2.59 bits per heavy atom. The minimum atomic E-state index is -4.19. The van der Waals surface area contributed by atoms with E-state index in [-0.39, 0.29) is 41.0 Å². The van der Waals surface area contributed by atoms with Crippen LogP contribution >= 0.6 is 0 Å². The van der Waals surface area contributed by atoms with E-state index in [0.717, 1.165) is 42.2 Å². The molecule has 2 atom stereocenters. The molecule has 2 aromatic carbocycles. The molecule has 196 valence electrons. The zero-order chi connectivity index (χ0) is 26.6. The summed E-state index contributed by atoms with van der Waals surface area (Å²) in [4.78, 5) is 19.8. The van der Waals surface area contributed by atoms with Gasteiger partial charge in [0, 0.05) is 24.3 Å². The van der Waals surface area contributed by atoms with Crippen molar-refractivity contribution in [1.82, 2.24) is 9.97 Å². The minimum absolute atomic E-state index is 0.109. The van der Waals surface area contributed by atoms with E-state index in [2.05, 4.69) is 14.7 Å². The van der Waals surface area contributed by atoms with Crippen LogP contribution in [0.4, 0.5) is 5.95 Å². The van der Waals surface area contributed by atoms with E-state index in [0.29, 0.717) is 12.1 Å². The van der Waals surface area contributed by atoms with Crippen LogP contribution in [0.2, 0.25) is 0 Å². The van der Waals surface area contributed by atoms with Gasteiger partial charge in [0.1, 0.15) is 6.61 Å². The molecule has 1 aliphatic heterocycles. The highest BCUT2D eigenvalue weighted by Crippen LogP contribution is 2.29. The van der Waals surface area contributed by atoms with Crippen LogP contribution in [0.15, 0.2) is 53.4 Å². The second-order valence-corrected chi connectivity index (χ2v) is 10.7. The zero-order valence-corrected chi connectivity index (χ0v) is 21.5. The number of sulfonamides is 1. The topological polar surface area (TPSA) is 154 Å². The fraction of sp³-hybridized carbons (Fsp3) is 0.346. The van der Waals surface area contributed by atoms with Crippen molar-refractivity contribution in [2.24, 2.45) is 5.73 Å². The van der Waals surface area contributed by atoms with Crippen molar-refractivity contribution in [1.29, 1.82) is 0 Å². The molecule has 2 heterocycles. The summed E-state index contributed by atoms with van der Waals surface area (Å²) in [5, 5.41) is 9.23. The minimum Gasteiger partial charge on any atom is -0.478 e. The average molecular weight is 527 g/mol. The zero-order valence-electron chi connectivity index (χ0n) is 20.7. The highest BCUT2D eigenvalue weighted by atomic mass is 32.2. The lowest BCUT2D eigenvalue weighted by Crippen LogP contribution is -2.32. The molecule has 0 radical (unpaired) electrons. The molecule has 11 heteroatoms. The van der Waals surface area contributed by atoms with Crippen LogP contribution in [0.3, 0.4) is 0 Å². The number of hydrogen-bond donors (Lipinski definition) is 3. The van der Waals surface area contributed by atoms with E-state index >= 15 is 0 Å². The Labute approximate surface area is 215 Å². The molecule has 10 nitrogen and oxygen atoms in total. The summed E-state index contributed by atoms with van der Waals surface area (Å²) in [6.07, 6.45) is 2.74. The molecule has 0 amide bonds. The third kappa shape index (κ3) is 6.62. The summed E-state index contributed by atoms with van der Waals surface area (Å²) >= 11 is 0. The summed E-state index contributed by atoms with van der Waals surface area (Å²) in [7, 11) is -4.19. The Kier molecular flexibility index (Phi) is 8.06. The number of carbonyl (C=O) groups is 1. The maximum Gasteiger partial charge on any atom is 0.335 e. The summed E-state index contributed by atoms with van der Waals surface area (Å²) in [5.74, 6) is -1.28. The van der Waals surface area contributed by atoms with Gasteiger partial charge in [-0.15, -0.1) is 0 Å². The van der Waals surface area contributed by atoms with Crippen molar-refractivity contribution < 1.29 is 27.8 Å². The lowest BCUT2D eigenvalue weighted by molar-refractivity contribution is 0.0696. The number of aromatic nitrogens is 2. The number of ether oxygens (including phenoxy) is 2. The molecule has 4 rings (SSSR count). The molecule has 3 aromatic rings. The van der Waals surface area contributed by atoms with E-state index in [1.165, 1.54) is 18.2 Å². The van der Waals surface area contributed by atoms with Gasteiger partial charge in [0.2, 0.25) is 11.8 Å². The molecule has 0 bridgehead atoms. The van der Waals surface area contributed by atoms with Crippen molar-refractivity contribution >= 4 is 21.9 Å². The van der Waals surface area contributed by atoms with Crippen LogP contribution in [0, 0.1) is 13.8 Å². The summed E-state index contributed by atoms with van der Waals surface area (Å²) in [6, 6.07) is 12.2. The average Bonchev–Trinajstić information content (AvgIpc) is 3.35. The summed E-state index contributed by atoms with van der Waals surface area (Å²) in [6.45, 7) is 4.77. The number of anilines is 1. The number of aromatic carboxylic acids is 1. The van der Waals surface area contributed by atoms with Crippen LogP contribution < -0.4 is 15.2 Å². The van der Waals surface area contributed by atoms with E-state index < -0.39 is 16.0 Å². The number of nitrogens with zero attached hydrogens (tertiary/aromatic N) is 2. The van der Waals surface area contributed by atoms with Gasteiger partial charge in [-0.25, -0.2) is 22.9 Å². The number of carboxylic acid groups (broad SMARTS) is 1. The molecule has 0 unspecified atom stereocenters. The van der Waals surface area contributed by atoms with Gasteiger partial charge in [-0.1, -0.05) is 24.3 Å². The Morgan fingerprint density at radius 1 is 1.19 bits per heavy atom. The van der Waals surface area contributed by atoms with E-state index in [1.807, 2.05) is 32.0 Å². The van der Waals surface area contributed by atoms with Gasteiger partial charge in [0.15, 0.2) is 0 Å². The van der Waals surface area contributed by atoms with Gasteiger partial charge < -0.3 is 20.3 Å². The lowest BCUT2D eigenvalue weighted by Gasteiger charge is -2.18. The van der Waals surface area contributed by atoms with E-state index in [1.54, 1.807) is 6.07 Å². The van der Waals surface area contributed by atoms with Crippen LogP contribution in [-0.2, 0) is 14.8 Å². The number of rotatable bonds is 10. The lowest BCUT2D eigenvalue weighted by atomic mass is 10.00. The first-order chi connectivity index (χ1) is 17.6. The van der Waals surface area contributed by atoms with Gasteiger partial charge in [0.05, 0.1) is 22.3 Å². The third-order valence-corrected chi connectivity index (χ3v) is 7.42. The predicted octanol–water partition coefficient (Wildman–Crippen LogP) is 3.53. The molecule has 1 aliphatic rings. The Hall–Kier alpha value is -3.54. The highest BCUT2D eigenvalue weighted by molar-refractivity contribution is 7.92. The van der Waals surface area contributed by atoms with Gasteiger partial charge in [0.25, 0.3) is 10.0 Å². The number of benzene rings is 2. The first-order valence-electron chi connectivity index (χ1n) is 11.9. The number of aryl methyl sites for hydroxylation is 2. The van der Waals surface area contributed by atoms with Crippen LogP contribution in [0.1, 0.15) is 40.7 Å². The Morgan fingerprint density at radius 2 is 1.92 bits per heavy atom. The Balaban J connectivity index is 1.64. The first-order valence-corrected chi connectivity index (χ1v) is 13.4.